The summed E-state index contributed by atoms with van der Waals surface area (Å²) < 4.78 is 0. The molecule has 0 saturated carbocycles. The molecule has 0 aliphatic carbocycles. The summed E-state index contributed by atoms with van der Waals surface area (Å²) in [4.78, 5) is 37.5. The van der Waals surface area contributed by atoms with Crippen molar-refractivity contribution in [2.45, 2.75) is 46.7 Å². The standard InChI is InChI=1S/C13H22N2O3.2ClH/c1-6(2)10(14)11(16)9-8(5)12(17)15(7(3)4)13(9)18;;/h6-10H,14H2,1-5H3;2*1H/t8-,9+,10-;;/m0../s1. The first-order chi connectivity index (χ1) is 8.20. The number of ketones is 1. The number of halogens is 2. The molecule has 20 heavy (non-hydrogen) atoms. The topological polar surface area (TPSA) is 80.5 Å². The molecule has 2 amide bonds. The van der Waals surface area contributed by atoms with Crippen molar-refractivity contribution < 1.29 is 14.4 Å². The van der Waals surface area contributed by atoms with Crippen molar-refractivity contribution in [1.29, 1.82) is 0 Å². The van der Waals surface area contributed by atoms with Crippen LogP contribution in [0.25, 0.3) is 0 Å². The molecule has 0 aromatic heterocycles. The number of amides is 2. The van der Waals surface area contributed by atoms with Crippen LogP contribution in [0.2, 0.25) is 0 Å². The van der Waals surface area contributed by atoms with E-state index in [4.69, 9.17) is 5.73 Å². The highest BCUT2D eigenvalue weighted by Crippen LogP contribution is 2.29. The smallest absolute Gasteiger partial charge is 0.240 e. The average molecular weight is 327 g/mol. The molecule has 0 spiro atoms. The molecule has 2 N–H and O–H groups in total. The van der Waals surface area contributed by atoms with Gasteiger partial charge in [-0.1, -0.05) is 20.8 Å². The number of likely N-dealkylation sites (tertiary alicyclic amines) is 1. The first-order valence-electron chi connectivity index (χ1n) is 6.36. The van der Waals surface area contributed by atoms with Crippen LogP contribution in [0, 0.1) is 17.8 Å². The number of hydrogen-bond donors (Lipinski definition) is 1. The maximum absolute atomic E-state index is 12.2. The Bertz CT molecular complexity index is 386. The highest BCUT2D eigenvalue weighted by molar-refractivity contribution is 6.16. The second-order valence-electron chi connectivity index (χ2n) is 5.58. The number of imide groups is 1. The summed E-state index contributed by atoms with van der Waals surface area (Å²) in [6.07, 6.45) is 0. The van der Waals surface area contributed by atoms with Gasteiger partial charge in [0.25, 0.3) is 0 Å². The van der Waals surface area contributed by atoms with Crippen LogP contribution in [0.15, 0.2) is 0 Å². The summed E-state index contributed by atoms with van der Waals surface area (Å²) in [5.74, 6) is -2.54. The molecule has 0 aromatic rings. The van der Waals surface area contributed by atoms with Crippen LogP contribution in [-0.4, -0.2) is 34.6 Å². The van der Waals surface area contributed by atoms with Gasteiger partial charge in [-0.25, -0.2) is 0 Å². The Kier molecular flexibility index (Phi) is 8.61. The van der Waals surface area contributed by atoms with E-state index in [1.165, 1.54) is 4.90 Å². The van der Waals surface area contributed by atoms with E-state index in [2.05, 4.69) is 0 Å². The SMILES string of the molecule is CC(C)[C@H](N)C(=O)[C@@H]1C(=O)N(C(C)C)C(=O)[C@H]1C.Cl.Cl. The second-order valence-corrected chi connectivity index (χ2v) is 5.58. The van der Waals surface area contributed by atoms with Gasteiger partial charge < -0.3 is 5.73 Å². The van der Waals surface area contributed by atoms with Gasteiger partial charge in [0.15, 0.2) is 5.78 Å². The number of carbonyl (C=O) groups excluding carboxylic acids is 3. The molecule has 0 radical (unpaired) electrons. The lowest BCUT2D eigenvalue weighted by Crippen LogP contribution is -2.44. The Labute approximate surface area is 132 Å². The predicted molar refractivity (Wildman–Crippen MR) is 82.0 cm³/mol. The van der Waals surface area contributed by atoms with Crippen molar-refractivity contribution >= 4 is 42.4 Å². The third-order valence-electron chi connectivity index (χ3n) is 3.50. The van der Waals surface area contributed by atoms with Crippen LogP contribution < -0.4 is 5.73 Å². The lowest BCUT2D eigenvalue weighted by molar-refractivity contribution is -0.142. The van der Waals surface area contributed by atoms with Gasteiger partial charge in [-0.2, -0.15) is 0 Å². The fourth-order valence-corrected chi connectivity index (χ4v) is 2.25. The molecule has 118 valence electrons. The van der Waals surface area contributed by atoms with Crippen molar-refractivity contribution in [3.63, 3.8) is 0 Å². The lowest BCUT2D eigenvalue weighted by Gasteiger charge is -2.20. The van der Waals surface area contributed by atoms with Gasteiger partial charge in [0.2, 0.25) is 11.8 Å². The monoisotopic (exact) mass is 326 g/mol. The molecule has 1 fully saturated rings. The minimum atomic E-state index is -0.905. The van der Waals surface area contributed by atoms with Crippen LogP contribution in [0.1, 0.15) is 34.6 Å². The minimum absolute atomic E-state index is 0. The van der Waals surface area contributed by atoms with Crippen molar-refractivity contribution in [2.24, 2.45) is 23.5 Å². The summed E-state index contributed by atoms with van der Waals surface area (Å²) in [5.41, 5.74) is 5.80. The van der Waals surface area contributed by atoms with Crippen LogP contribution >= 0.6 is 24.8 Å². The van der Waals surface area contributed by atoms with Gasteiger partial charge in [0.1, 0.15) is 5.92 Å². The number of rotatable bonds is 4. The molecular weight excluding hydrogens is 303 g/mol. The first-order valence-corrected chi connectivity index (χ1v) is 6.36. The Morgan fingerprint density at radius 2 is 1.55 bits per heavy atom. The van der Waals surface area contributed by atoms with E-state index in [1.807, 2.05) is 13.8 Å². The van der Waals surface area contributed by atoms with E-state index in [0.717, 1.165) is 0 Å². The maximum Gasteiger partial charge on any atom is 0.240 e. The number of nitrogens with zero attached hydrogens (tertiary/aromatic N) is 1. The quantitative estimate of drug-likeness (QED) is 0.625. The van der Waals surface area contributed by atoms with Crippen LogP contribution in [0.4, 0.5) is 0 Å². The zero-order valence-electron chi connectivity index (χ0n) is 12.5. The Balaban J connectivity index is 0. The van der Waals surface area contributed by atoms with E-state index in [0.29, 0.717) is 0 Å². The molecule has 0 unspecified atom stereocenters. The highest BCUT2D eigenvalue weighted by Gasteiger charge is 2.50. The first kappa shape index (κ1) is 21.6. The molecule has 1 rings (SSSR count). The normalized spacial score (nSPS) is 23.7. The maximum atomic E-state index is 12.2. The minimum Gasteiger partial charge on any atom is -0.321 e. The zero-order chi connectivity index (χ0) is 14.2. The molecule has 1 aliphatic heterocycles. The van der Waals surface area contributed by atoms with E-state index in [1.54, 1.807) is 20.8 Å². The Morgan fingerprint density at radius 1 is 1.10 bits per heavy atom. The molecule has 0 bridgehead atoms. The summed E-state index contributed by atoms with van der Waals surface area (Å²) in [5, 5.41) is 0. The molecule has 3 atom stereocenters. The van der Waals surface area contributed by atoms with Crippen molar-refractivity contribution in [1.82, 2.24) is 4.90 Å². The lowest BCUT2D eigenvalue weighted by atomic mass is 9.85. The number of hydrogen-bond acceptors (Lipinski definition) is 4. The van der Waals surface area contributed by atoms with E-state index in [9.17, 15) is 14.4 Å². The molecule has 7 heteroatoms. The highest BCUT2D eigenvalue weighted by atomic mass is 35.5. The molecule has 5 nitrogen and oxygen atoms in total. The van der Waals surface area contributed by atoms with Gasteiger partial charge in [-0.15, -0.1) is 24.8 Å². The zero-order valence-corrected chi connectivity index (χ0v) is 14.1. The number of carbonyl (C=O) groups is 3. The summed E-state index contributed by atoms with van der Waals surface area (Å²) in [7, 11) is 0. The van der Waals surface area contributed by atoms with Gasteiger partial charge in [0.05, 0.1) is 12.0 Å². The van der Waals surface area contributed by atoms with E-state index < -0.39 is 23.8 Å². The summed E-state index contributed by atoms with van der Waals surface area (Å²) >= 11 is 0. The number of Topliss-reactive ketones (excluding diaryl/α,β-unsaturated/α-hetero) is 1. The van der Waals surface area contributed by atoms with Crippen LogP contribution in [0.5, 0.6) is 0 Å². The fraction of sp³-hybridized carbons (Fsp3) is 0.769. The van der Waals surface area contributed by atoms with Gasteiger partial charge in [-0.05, 0) is 19.8 Å². The van der Waals surface area contributed by atoms with Crippen molar-refractivity contribution in [2.75, 3.05) is 0 Å². The molecule has 0 aromatic carbocycles. The third kappa shape index (κ3) is 3.71. The Hall–Kier alpha value is -0.650. The molecule has 1 aliphatic rings. The van der Waals surface area contributed by atoms with Gasteiger partial charge in [0, 0.05) is 6.04 Å². The molecular formula is C13H24Cl2N2O3. The van der Waals surface area contributed by atoms with Crippen LogP contribution in [0.3, 0.4) is 0 Å². The molecule has 1 saturated heterocycles. The van der Waals surface area contributed by atoms with Gasteiger partial charge >= 0.3 is 0 Å². The second kappa shape index (κ2) is 7.96. The van der Waals surface area contributed by atoms with Crippen LogP contribution in [-0.2, 0) is 14.4 Å². The molecule has 1 heterocycles. The van der Waals surface area contributed by atoms with Crippen molar-refractivity contribution in [3.05, 3.63) is 0 Å². The number of nitrogens with two attached hydrogens (primary N) is 1. The summed E-state index contributed by atoms with van der Waals surface area (Å²) in [6.45, 7) is 8.80. The summed E-state index contributed by atoms with van der Waals surface area (Å²) in [6, 6.07) is -0.915. The van der Waals surface area contributed by atoms with Gasteiger partial charge in [-0.3, -0.25) is 19.3 Å². The predicted octanol–water partition coefficient (Wildman–Crippen LogP) is 1.41. The largest absolute Gasteiger partial charge is 0.321 e. The average Bonchev–Trinajstić information content (AvgIpc) is 2.48. The third-order valence-corrected chi connectivity index (χ3v) is 3.50. The Morgan fingerprint density at radius 3 is 1.85 bits per heavy atom. The fourth-order valence-electron chi connectivity index (χ4n) is 2.25. The van der Waals surface area contributed by atoms with Crippen molar-refractivity contribution in [3.8, 4) is 0 Å². The van der Waals surface area contributed by atoms with E-state index >= 15 is 0 Å². The van der Waals surface area contributed by atoms with E-state index in [-0.39, 0.29) is 48.5 Å².